The number of aryl methyl sites for hydroxylation is 1. The number of thioether (sulfide) groups is 1. The summed E-state index contributed by atoms with van der Waals surface area (Å²) in [5.41, 5.74) is 8.33. The van der Waals surface area contributed by atoms with Crippen LogP contribution in [0.4, 0.5) is 0 Å². The molecule has 0 spiro atoms. The molecule has 1 N–H and O–H groups in total. The molecule has 0 radical (unpaired) electrons. The molecule has 0 aromatic heterocycles. The minimum Gasteiger partial charge on any atom is -0.393 e. The van der Waals surface area contributed by atoms with E-state index in [-0.39, 0.29) is 11.5 Å². The molecule has 5 rings (SSSR count). The minimum atomic E-state index is -0.106. The maximum Gasteiger partial charge on any atom is 0.143 e. The highest BCUT2D eigenvalue weighted by molar-refractivity contribution is 7.98. The zero-order valence-corrected chi connectivity index (χ0v) is 24.4. The Morgan fingerprint density at radius 3 is 2.24 bits per heavy atom. The molecule has 0 heterocycles. The molecule has 0 saturated heterocycles. The lowest BCUT2D eigenvalue weighted by atomic mass is 9.58. The highest BCUT2D eigenvalue weighted by atomic mass is 32.2. The van der Waals surface area contributed by atoms with E-state index in [1.54, 1.807) is 23.4 Å². The number of hydrogen-bond donors (Lipinski definition) is 1. The summed E-state index contributed by atoms with van der Waals surface area (Å²) in [6, 6.07) is 17.2. The van der Waals surface area contributed by atoms with Crippen LogP contribution >= 0.6 is 11.8 Å². The lowest BCUT2D eigenvalue weighted by Crippen LogP contribution is -2.41. The van der Waals surface area contributed by atoms with Gasteiger partial charge in [0.15, 0.2) is 0 Å². The molecular formula is C35H44O2S. The second-order valence-corrected chi connectivity index (χ2v) is 12.3. The molecule has 0 aliphatic heterocycles. The smallest absolute Gasteiger partial charge is 0.143 e. The van der Waals surface area contributed by atoms with Crippen LogP contribution in [-0.4, -0.2) is 23.8 Å². The number of carbonyl (C=O) groups excluding carboxylic acids is 1. The number of rotatable bonds is 6. The van der Waals surface area contributed by atoms with Gasteiger partial charge >= 0.3 is 0 Å². The number of fused-ring (bicyclic) bond motifs is 3. The summed E-state index contributed by atoms with van der Waals surface area (Å²) in [5, 5.41) is 10.4. The second kappa shape index (κ2) is 13.1. The van der Waals surface area contributed by atoms with Crippen LogP contribution in [0, 0.1) is 24.2 Å². The van der Waals surface area contributed by atoms with Crippen LogP contribution in [0.5, 0.6) is 0 Å². The second-order valence-electron chi connectivity index (χ2n) is 11.4. The van der Waals surface area contributed by atoms with E-state index in [0.717, 1.165) is 44.8 Å². The summed E-state index contributed by atoms with van der Waals surface area (Å²) in [5.74, 6) is 1.31. The quantitative estimate of drug-likeness (QED) is 0.176. The third-order valence-corrected chi connectivity index (χ3v) is 9.90. The van der Waals surface area contributed by atoms with Crippen molar-refractivity contribution in [3.05, 3.63) is 88.0 Å². The van der Waals surface area contributed by atoms with E-state index in [2.05, 4.69) is 87.7 Å². The molecule has 38 heavy (non-hydrogen) atoms. The zero-order valence-electron chi connectivity index (χ0n) is 23.6. The number of allylic oxidation sites excluding steroid dienone is 4. The van der Waals surface area contributed by atoms with Gasteiger partial charge in [0.1, 0.15) is 6.29 Å². The van der Waals surface area contributed by atoms with E-state index in [0.29, 0.717) is 11.8 Å². The van der Waals surface area contributed by atoms with Crippen molar-refractivity contribution in [3.63, 3.8) is 0 Å². The number of carbonyl (C=O) groups is 1. The molecule has 3 heteroatoms. The average molecular weight is 529 g/mol. The lowest BCUT2D eigenvalue weighted by molar-refractivity contribution is -0.104. The predicted molar refractivity (Wildman–Crippen MR) is 163 cm³/mol. The topological polar surface area (TPSA) is 37.3 Å². The van der Waals surface area contributed by atoms with E-state index >= 15 is 0 Å². The first-order valence-corrected chi connectivity index (χ1v) is 15.6. The van der Waals surface area contributed by atoms with Gasteiger partial charge in [-0.05, 0) is 116 Å². The molecule has 202 valence electrons. The Balaban J connectivity index is 0.000000181. The van der Waals surface area contributed by atoms with Crippen LogP contribution in [0.1, 0.15) is 81.9 Å². The van der Waals surface area contributed by atoms with Crippen LogP contribution in [0.25, 0.3) is 12.2 Å². The Morgan fingerprint density at radius 1 is 0.974 bits per heavy atom. The van der Waals surface area contributed by atoms with Crippen LogP contribution in [0.15, 0.2) is 76.2 Å². The van der Waals surface area contributed by atoms with E-state index in [4.69, 9.17) is 0 Å². The maximum absolute atomic E-state index is 10.9. The van der Waals surface area contributed by atoms with Crippen LogP contribution in [0.2, 0.25) is 0 Å². The largest absolute Gasteiger partial charge is 0.393 e. The number of benzene rings is 2. The Hall–Kier alpha value is -2.36. The standard InChI is InChI=1S/C19H28O2.C16H16S/c1-3-4-14-13(10-12-20)5-6-16-15(14)9-11-19(2)17(16)7-8-18(19)21;1-13-3-5-14(6-4-13)7-8-15-9-11-16(17-2)12-10-15/h10,12,16-18,21H,3-9,11H2,1-2H3;3-12H,1-2H3/b13-10-;8-7+. The molecule has 2 aromatic carbocycles. The fourth-order valence-electron chi connectivity index (χ4n) is 6.93. The predicted octanol–water partition coefficient (Wildman–Crippen LogP) is 9.08. The molecule has 2 nitrogen and oxygen atoms in total. The van der Waals surface area contributed by atoms with Gasteiger partial charge in [-0.2, -0.15) is 0 Å². The molecule has 0 bridgehead atoms. The third kappa shape index (κ3) is 6.43. The van der Waals surface area contributed by atoms with Crippen LogP contribution in [-0.2, 0) is 4.79 Å². The van der Waals surface area contributed by atoms with E-state index in [9.17, 15) is 9.90 Å². The van der Waals surface area contributed by atoms with Crippen molar-refractivity contribution in [2.75, 3.05) is 6.26 Å². The monoisotopic (exact) mass is 528 g/mol. The fourth-order valence-corrected chi connectivity index (χ4v) is 7.34. The Labute approximate surface area is 234 Å². The van der Waals surface area contributed by atoms with Gasteiger partial charge in [0.25, 0.3) is 0 Å². The van der Waals surface area contributed by atoms with E-state index in [1.807, 2.05) is 0 Å². The number of aldehydes is 1. The van der Waals surface area contributed by atoms with E-state index in [1.165, 1.54) is 45.6 Å². The SMILES string of the molecule is CCCC1=C2CCC3(C)C(O)CCC3C2CC/C1=C/C=O.CSc1ccc(/C=C/c2ccc(C)cc2)cc1. The van der Waals surface area contributed by atoms with Crippen molar-refractivity contribution in [3.8, 4) is 0 Å². The minimum absolute atomic E-state index is 0.106. The highest BCUT2D eigenvalue weighted by Crippen LogP contribution is 2.59. The van der Waals surface area contributed by atoms with Crippen molar-refractivity contribution in [1.29, 1.82) is 0 Å². The Bertz CT molecular complexity index is 1170. The van der Waals surface area contributed by atoms with Crippen molar-refractivity contribution in [2.45, 2.75) is 83.1 Å². The Kier molecular flexibility index (Phi) is 9.90. The van der Waals surface area contributed by atoms with Crippen molar-refractivity contribution < 1.29 is 9.90 Å². The molecule has 3 aliphatic rings. The molecule has 4 unspecified atom stereocenters. The lowest BCUT2D eigenvalue weighted by Gasteiger charge is -2.48. The normalized spacial score (nSPS) is 27.6. The van der Waals surface area contributed by atoms with E-state index < -0.39 is 0 Å². The summed E-state index contributed by atoms with van der Waals surface area (Å²) in [7, 11) is 0. The molecule has 2 fully saturated rings. The summed E-state index contributed by atoms with van der Waals surface area (Å²) in [6.07, 6.45) is 17.9. The fraction of sp³-hybridized carbons (Fsp3) is 0.457. The summed E-state index contributed by atoms with van der Waals surface area (Å²) in [6.45, 7) is 6.64. The average Bonchev–Trinajstić information content (AvgIpc) is 3.24. The number of aliphatic hydroxyl groups is 1. The first kappa shape index (κ1) is 28.6. The number of hydrogen-bond acceptors (Lipinski definition) is 3. The van der Waals surface area contributed by atoms with Gasteiger partial charge in [0.2, 0.25) is 0 Å². The molecule has 0 amide bonds. The van der Waals surface area contributed by atoms with Gasteiger partial charge in [0.05, 0.1) is 6.10 Å². The molecule has 4 atom stereocenters. The van der Waals surface area contributed by atoms with Gasteiger partial charge in [-0.25, -0.2) is 0 Å². The number of aliphatic hydroxyl groups excluding tert-OH is 1. The van der Waals surface area contributed by atoms with Crippen molar-refractivity contribution >= 4 is 30.2 Å². The van der Waals surface area contributed by atoms with Gasteiger partial charge in [0, 0.05) is 4.90 Å². The van der Waals surface area contributed by atoms with Gasteiger partial charge in [-0.15, -0.1) is 11.8 Å². The third-order valence-electron chi connectivity index (χ3n) is 9.16. The van der Waals surface area contributed by atoms with Crippen molar-refractivity contribution in [2.24, 2.45) is 17.3 Å². The summed E-state index contributed by atoms with van der Waals surface area (Å²) >= 11 is 1.77. The summed E-state index contributed by atoms with van der Waals surface area (Å²) < 4.78 is 0. The van der Waals surface area contributed by atoms with Gasteiger partial charge < -0.3 is 5.11 Å². The van der Waals surface area contributed by atoms with Gasteiger partial charge in [-0.1, -0.05) is 80.0 Å². The Morgan fingerprint density at radius 2 is 1.63 bits per heavy atom. The van der Waals surface area contributed by atoms with Crippen LogP contribution < -0.4 is 0 Å². The van der Waals surface area contributed by atoms with Gasteiger partial charge in [-0.3, -0.25) is 4.79 Å². The van der Waals surface area contributed by atoms with Crippen molar-refractivity contribution in [1.82, 2.24) is 0 Å². The molecular weight excluding hydrogens is 484 g/mol. The first-order chi connectivity index (χ1) is 18.4. The molecule has 2 saturated carbocycles. The maximum atomic E-state index is 10.9. The molecule has 3 aliphatic carbocycles. The molecule has 2 aromatic rings. The zero-order chi connectivity index (χ0) is 27.1. The first-order valence-electron chi connectivity index (χ1n) is 14.3. The highest BCUT2D eigenvalue weighted by Gasteiger charge is 2.52. The summed E-state index contributed by atoms with van der Waals surface area (Å²) in [4.78, 5) is 12.2. The van der Waals surface area contributed by atoms with Crippen LogP contribution in [0.3, 0.4) is 0 Å².